The van der Waals surface area contributed by atoms with E-state index in [9.17, 15) is 4.79 Å². The van der Waals surface area contributed by atoms with E-state index in [2.05, 4.69) is 10.6 Å². The second-order valence-electron chi connectivity index (χ2n) is 7.52. The SMILES string of the molecule is COc1ccc(-n2c(SCc3csc(N(C(C)=O)c4ccccc4)n3)nc3ccccc32)cc1. The molecule has 5 rings (SSSR count). The first-order valence-electron chi connectivity index (χ1n) is 10.7. The molecular formula is C26H22N4O2S2. The first kappa shape index (κ1) is 22.2. The minimum absolute atomic E-state index is 0.0685. The molecule has 5 aromatic rings. The zero-order valence-electron chi connectivity index (χ0n) is 18.7. The standard InChI is InChI=1S/C26H22N4O2S2/c1-18(31)29(20-8-4-3-5-9-20)25-27-19(16-33-25)17-34-26-28-23-10-6-7-11-24(23)30(26)21-12-14-22(32-2)15-13-21/h3-16H,17H2,1-2H3. The largest absolute Gasteiger partial charge is 0.497 e. The average molecular weight is 487 g/mol. The number of hydrogen-bond donors (Lipinski definition) is 0. The quantitative estimate of drug-likeness (QED) is 0.247. The van der Waals surface area contributed by atoms with Crippen molar-refractivity contribution in [3.05, 3.63) is 89.9 Å². The van der Waals surface area contributed by atoms with E-state index in [4.69, 9.17) is 14.7 Å². The minimum Gasteiger partial charge on any atom is -0.497 e. The number of anilines is 2. The predicted molar refractivity (Wildman–Crippen MR) is 139 cm³/mol. The highest BCUT2D eigenvalue weighted by molar-refractivity contribution is 7.98. The number of methoxy groups -OCH3 is 1. The van der Waals surface area contributed by atoms with Gasteiger partial charge in [-0.3, -0.25) is 14.3 Å². The number of thiazole rings is 1. The molecular weight excluding hydrogens is 464 g/mol. The maximum Gasteiger partial charge on any atom is 0.230 e. The van der Waals surface area contributed by atoms with Gasteiger partial charge in [0.15, 0.2) is 10.3 Å². The Morgan fingerprint density at radius 3 is 2.47 bits per heavy atom. The van der Waals surface area contributed by atoms with Crippen LogP contribution in [0.1, 0.15) is 12.6 Å². The maximum atomic E-state index is 12.3. The zero-order valence-corrected chi connectivity index (χ0v) is 20.3. The summed E-state index contributed by atoms with van der Waals surface area (Å²) in [6, 6.07) is 25.6. The highest BCUT2D eigenvalue weighted by Crippen LogP contribution is 2.33. The number of aromatic nitrogens is 3. The van der Waals surface area contributed by atoms with Gasteiger partial charge >= 0.3 is 0 Å². The van der Waals surface area contributed by atoms with Crippen molar-refractivity contribution in [2.75, 3.05) is 12.0 Å². The van der Waals surface area contributed by atoms with Crippen molar-refractivity contribution in [1.29, 1.82) is 0 Å². The zero-order chi connectivity index (χ0) is 23.5. The van der Waals surface area contributed by atoms with E-state index in [-0.39, 0.29) is 5.91 Å². The Labute approximate surface area is 205 Å². The Bertz CT molecular complexity index is 1430. The first-order chi connectivity index (χ1) is 16.6. The van der Waals surface area contributed by atoms with Crippen LogP contribution in [0.25, 0.3) is 16.7 Å². The van der Waals surface area contributed by atoms with Gasteiger partial charge in [-0.25, -0.2) is 9.97 Å². The second-order valence-corrected chi connectivity index (χ2v) is 9.30. The van der Waals surface area contributed by atoms with Crippen LogP contribution in [-0.4, -0.2) is 27.6 Å². The Morgan fingerprint density at radius 2 is 1.74 bits per heavy atom. The molecule has 0 aliphatic carbocycles. The molecule has 0 fully saturated rings. The lowest BCUT2D eigenvalue weighted by atomic mass is 10.2. The van der Waals surface area contributed by atoms with Gasteiger partial charge in [-0.1, -0.05) is 42.1 Å². The van der Waals surface area contributed by atoms with Crippen LogP contribution in [0.5, 0.6) is 5.75 Å². The molecule has 3 aromatic carbocycles. The molecule has 0 saturated carbocycles. The summed E-state index contributed by atoms with van der Waals surface area (Å²) in [6.45, 7) is 1.56. The topological polar surface area (TPSA) is 60.2 Å². The molecule has 0 radical (unpaired) electrons. The number of hydrogen-bond acceptors (Lipinski definition) is 6. The van der Waals surface area contributed by atoms with E-state index in [0.29, 0.717) is 10.9 Å². The van der Waals surface area contributed by atoms with Crippen molar-refractivity contribution in [3.63, 3.8) is 0 Å². The molecule has 0 aliphatic rings. The molecule has 0 bridgehead atoms. The lowest BCUT2D eigenvalue weighted by molar-refractivity contribution is -0.115. The Kier molecular flexibility index (Phi) is 6.33. The van der Waals surface area contributed by atoms with Crippen molar-refractivity contribution < 1.29 is 9.53 Å². The van der Waals surface area contributed by atoms with Gasteiger partial charge in [0.25, 0.3) is 0 Å². The number of ether oxygens (including phenoxy) is 1. The molecule has 34 heavy (non-hydrogen) atoms. The second kappa shape index (κ2) is 9.70. The van der Waals surface area contributed by atoms with Crippen LogP contribution in [-0.2, 0) is 10.5 Å². The number of rotatable bonds is 7. The Hall–Kier alpha value is -3.62. The molecule has 2 aromatic heterocycles. The average Bonchev–Trinajstić information content (AvgIpc) is 3.48. The molecule has 0 atom stereocenters. The predicted octanol–water partition coefficient (Wildman–Crippen LogP) is 6.47. The molecule has 170 valence electrons. The number of imidazole rings is 1. The highest BCUT2D eigenvalue weighted by atomic mass is 32.2. The van der Waals surface area contributed by atoms with E-state index in [1.807, 2.05) is 78.2 Å². The minimum atomic E-state index is -0.0685. The summed E-state index contributed by atoms with van der Waals surface area (Å²) in [4.78, 5) is 23.6. The van der Waals surface area contributed by atoms with Gasteiger partial charge in [-0.2, -0.15) is 0 Å². The fourth-order valence-electron chi connectivity index (χ4n) is 3.69. The number of amides is 1. The number of thioether (sulfide) groups is 1. The van der Waals surface area contributed by atoms with Crippen molar-refractivity contribution >= 4 is 50.9 Å². The molecule has 0 spiro atoms. The number of carbonyl (C=O) groups is 1. The lowest BCUT2D eigenvalue weighted by Gasteiger charge is -2.17. The monoisotopic (exact) mass is 486 g/mol. The molecule has 8 heteroatoms. The van der Waals surface area contributed by atoms with Gasteiger partial charge in [0.2, 0.25) is 5.91 Å². The number of nitrogens with zero attached hydrogens (tertiary/aromatic N) is 4. The Balaban J connectivity index is 1.43. The summed E-state index contributed by atoms with van der Waals surface area (Å²) in [6.07, 6.45) is 0. The third-order valence-corrected chi connectivity index (χ3v) is 7.12. The lowest BCUT2D eigenvalue weighted by Crippen LogP contribution is -2.22. The number of fused-ring (bicyclic) bond motifs is 1. The van der Waals surface area contributed by atoms with Crippen molar-refractivity contribution in [2.45, 2.75) is 17.8 Å². The normalized spacial score (nSPS) is 11.0. The molecule has 2 heterocycles. The number of para-hydroxylation sites is 3. The maximum absolute atomic E-state index is 12.3. The van der Waals surface area contributed by atoms with Crippen molar-refractivity contribution in [3.8, 4) is 11.4 Å². The number of benzene rings is 3. The summed E-state index contributed by atoms with van der Waals surface area (Å²) in [5, 5.41) is 3.55. The third kappa shape index (κ3) is 4.42. The van der Waals surface area contributed by atoms with E-state index in [1.165, 1.54) is 11.3 Å². The molecule has 0 aliphatic heterocycles. The first-order valence-corrected chi connectivity index (χ1v) is 12.6. The smallest absolute Gasteiger partial charge is 0.230 e. The number of carbonyl (C=O) groups excluding carboxylic acids is 1. The molecule has 6 nitrogen and oxygen atoms in total. The van der Waals surface area contributed by atoms with Gasteiger partial charge in [0.05, 0.1) is 29.5 Å². The molecule has 1 amide bonds. The summed E-state index contributed by atoms with van der Waals surface area (Å²) in [5.41, 5.74) is 4.71. The van der Waals surface area contributed by atoms with Crippen molar-refractivity contribution in [2.24, 2.45) is 0 Å². The summed E-state index contributed by atoms with van der Waals surface area (Å²) < 4.78 is 7.47. The van der Waals surface area contributed by atoms with E-state index >= 15 is 0 Å². The van der Waals surface area contributed by atoms with Crippen LogP contribution in [0.2, 0.25) is 0 Å². The van der Waals surface area contributed by atoms with Gasteiger partial charge in [-0.05, 0) is 48.5 Å². The van der Waals surface area contributed by atoms with Gasteiger partial charge in [0, 0.05) is 23.7 Å². The molecule has 0 saturated heterocycles. The fourth-order valence-corrected chi connectivity index (χ4v) is 5.60. The highest BCUT2D eigenvalue weighted by Gasteiger charge is 2.19. The van der Waals surface area contributed by atoms with Crippen LogP contribution in [0.15, 0.2) is 89.4 Å². The summed E-state index contributed by atoms with van der Waals surface area (Å²) >= 11 is 3.09. The Morgan fingerprint density at radius 1 is 1.00 bits per heavy atom. The fraction of sp³-hybridized carbons (Fsp3) is 0.115. The van der Waals surface area contributed by atoms with E-state index in [0.717, 1.165) is 39.0 Å². The van der Waals surface area contributed by atoms with Crippen LogP contribution < -0.4 is 9.64 Å². The van der Waals surface area contributed by atoms with Crippen LogP contribution in [0, 0.1) is 0 Å². The van der Waals surface area contributed by atoms with Gasteiger partial charge in [0.1, 0.15) is 5.75 Å². The van der Waals surface area contributed by atoms with Crippen LogP contribution in [0.3, 0.4) is 0 Å². The molecule has 0 unspecified atom stereocenters. The van der Waals surface area contributed by atoms with Crippen LogP contribution >= 0.6 is 23.1 Å². The summed E-state index contributed by atoms with van der Waals surface area (Å²) in [7, 11) is 1.66. The van der Waals surface area contributed by atoms with Gasteiger partial charge in [-0.15, -0.1) is 11.3 Å². The van der Waals surface area contributed by atoms with E-state index < -0.39 is 0 Å². The van der Waals surface area contributed by atoms with Crippen molar-refractivity contribution in [1.82, 2.24) is 14.5 Å². The van der Waals surface area contributed by atoms with E-state index in [1.54, 1.807) is 30.7 Å². The third-order valence-electron chi connectivity index (χ3n) is 5.27. The van der Waals surface area contributed by atoms with Crippen LogP contribution in [0.4, 0.5) is 10.8 Å². The molecule has 0 N–H and O–H groups in total. The summed E-state index contributed by atoms with van der Waals surface area (Å²) in [5.74, 6) is 1.38. The van der Waals surface area contributed by atoms with Gasteiger partial charge < -0.3 is 4.74 Å².